The van der Waals surface area contributed by atoms with Gasteiger partial charge in [0.25, 0.3) is 11.8 Å². The van der Waals surface area contributed by atoms with Gasteiger partial charge in [0, 0.05) is 24.8 Å². The molecular formula is C24H21ClN4O3. The highest BCUT2D eigenvalue weighted by Gasteiger charge is 2.45. The molecule has 1 aromatic heterocycles. The van der Waals surface area contributed by atoms with E-state index in [2.05, 4.69) is 10.6 Å². The number of hydrogen-bond acceptors (Lipinski definition) is 3. The van der Waals surface area contributed by atoms with Crippen molar-refractivity contribution < 1.29 is 14.4 Å². The van der Waals surface area contributed by atoms with Crippen LogP contribution in [0.15, 0.2) is 60.8 Å². The van der Waals surface area contributed by atoms with Gasteiger partial charge < -0.3 is 20.1 Å². The SMILES string of the molecule is Cn1cccc1C(=O)NC1CCN2C(=O)c3cc(-c4ccc(Cl)cc4)ccc3NC(=O)C12. The van der Waals surface area contributed by atoms with E-state index in [4.69, 9.17) is 11.6 Å². The molecule has 1 saturated heterocycles. The van der Waals surface area contributed by atoms with E-state index in [1.807, 2.05) is 18.2 Å². The summed E-state index contributed by atoms with van der Waals surface area (Å²) in [4.78, 5) is 40.7. The Hall–Kier alpha value is -3.58. The summed E-state index contributed by atoms with van der Waals surface area (Å²) >= 11 is 5.99. The van der Waals surface area contributed by atoms with Gasteiger partial charge in [-0.2, -0.15) is 0 Å². The molecule has 2 aliphatic rings. The number of aromatic nitrogens is 1. The molecule has 0 radical (unpaired) electrons. The zero-order valence-electron chi connectivity index (χ0n) is 17.3. The highest BCUT2D eigenvalue weighted by molar-refractivity contribution is 6.30. The Morgan fingerprint density at radius 2 is 1.84 bits per heavy atom. The third-order valence-corrected chi connectivity index (χ3v) is 6.36. The van der Waals surface area contributed by atoms with Crippen molar-refractivity contribution in [2.24, 2.45) is 7.05 Å². The van der Waals surface area contributed by atoms with E-state index in [0.717, 1.165) is 11.1 Å². The summed E-state index contributed by atoms with van der Waals surface area (Å²) in [5.74, 6) is -0.794. The lowest BCUT2D eigenvalue weighted by Gasteiger charge is -2.25. The second-order valence-electron chi connectivity index (χ2n) is 8.07. The molecule has 3 heterocycles. The van der Waals surface area contributed by atoms with Crippen LogP contribution in [-0.2, 0) is 11.8 Å². The summed E-state index contributed by atoms with van der Waals surface area (Å²) < 4.78 is 1.72. The number of nitrogens with one attached hydrogen (secondary N) is 2. The molecule has 2 aliphatic heterocycles. The number of nitrogens with zero attached hydrogens (tertiary/aromatic N) is 2. The second-order valence-corrected chi connectivity index (χ2v) is 8.51. The molecule has 5 rings (SSSR count). The van der Waals surface area contributed by atoms with E-state index in [9.17, 15) is 14.4 Å². The molecular weight excluding hydrogens is 428 g/mol. The molecule has 2 unspecified atom stereocenters. The number of anilines is 1. The number of amides is 3. The van der Waals surface area contributed by atoms with Gasteiger partial charge >= 0.3 is 0 Å². The van der Waals surface area contributed by atoms with Crippen molar-refractivity contribution in [2.75, 3.05) is 11.9 Å². The van der Waals surface area contributed by atoms with Crippen LogP contribution in [0.4, 0.5) is 5.69 Å². The number of aryl methyl sites for hydroxylation is 1. The Kier molecular flexibility index (Phi) is 4.98. The zero-order valence-corrected chi connectivity index (χ0v) is 18.1. The first-order valence-corrected chi connectivity index (χ1v) is 10.7. The van der Waals surface area contributed by atoms with Gasteiger partial charge in [-0.3, -0.25) is 14.4 Å². The average Bonchev–Trinajstić information content (AvgIpc) is 3.38. The molecule has 32 heavy (non-hydrogen) atoms. The number of hydrogen-bond donors (Lipinski definition) is 2. The van der Waals surface area contributed by atoms with Crippen molar-refractivity contribution in [1.82, 2.24) is 14.8 Å². The minimum atomic E-state index is -0.766. The molecule has 0 saturated carbocycles. The largest absolute Gasteiger partial charge is 0.347 e. The average molecular weight is 449 g/mol. The normalized spacial score (nSPS) is 19.8. The summed E-state index contributed by atoms with van der Waals surface area (Å²) in [6.45, 7) is 0.389. The van der Waals surface area contributed by atoms with Crippen molar-refractivity contribution in [1.29, 1.82) is 0 Å². The molecule has 7 nitrogen and oxygen atoms in total. The van der Waals surface area contributed by atoms with Crippen LogP contribution in [-0.4, -0.2) is 45.8 Å². The molecule has 2 N–H and O–H groups in total. The lowest BCUT2D eigenvalue weighted by atomic mass is 10.0. The van der Waals surface area contributed by atoms with E-state index < -0.39 is 12.1 Å². The Labute approximate surface area is 190 Å². The minimum absolute atomic E-state index is 0.227. The quantitative estimate of drug-likeness (QED) is 0.644. The fourth-order valence-corrected chi connectivity index (χ4v) is 4.57. The maximum atomic E-state index is 13.4. The number of carbonyl (C=O) groups excluding carboxylic acids is 3. The first kappa shape index (κ1) is 20.3. The van der Waals surface area contributed by atoms with Crippen molar-refractivity contribution in [3.8, 4) is 11.1 Å². The predicted octanol–water partition coefficient (Wildman–Crippen LogP) is 3.31. The Bertz CT molecular complexity index is 1230. The summed E-state index contributed by atoms with van der Waals surface area (Å²) in [7, 11) is 1.78. The molecule has 8 heteroatoms. The first-order valence-electron chi connectivity index (χ1n) is 10.4. The van der Waals surface area contributed by atoms with E-state index >= 15 is 0 Å². The fraction of sp³-hybridized carbons (Fsp3) is 0.208. The molecule has 3 aromatic rings. The number of halogens is 1. The first-order chi connectivity index (χ1) is 15.4. The van der Waals surface area contributed by atoms with Gasteiger partial charge in [0.2, 0.25) is 5.91 Å². The summed E-state index contributed by atoms with van der Waals surface area (Å²) in [5, 5.41) is 6.46. The third-order valence-electron chi connectivity index (χ3n) is 6.11. The monoisotopic (exact) mass is 448 g/mol. The van der Waals surface area contributed by atoms with Crippen LogP contribution in [0.3, 0.4) is 0 Å². The van der Waals surface area contributed by atoms with E-state index in [0.29, 0.717) is 34.9 Å². The molecule has 0 bridgehead atoms. The van der Waals surface area contributed by atoms with Gasteiger partial charge in [0.1, 0.15) is 11.7 Å². The van der Waals surface area contributed by atoms with Crippen molar-refractivity contribution in [3.63, 3.8) is 0 Å². The number of benzene rings is 2. The summed E-state index contributed by atoms with van der Waals surface area (Å²) in [6.07, 6.45) is 2.29. The molecule has 1 fully saturated rings. The second kappa shape index (κ2) is 7.84. The van der Waals surface area contributed by atoms with Gasteiger partial charge in [0.15, 0.2) is 0 Å². The number of fused-ring (bicyclic) bond motifs is 2. The lowest BCUT2D eigenvalue weighted by Crippen LogP contribution is -2.51. The van der Waals surface area contributed by atoms with Crippen LogP contribution in [0.5, 0.6) is 0 Å². The van der Waals surface area contributed by atoms with E-state index in [1.165, 1.54) is 0 Å². The van der Waals surface area contributed by atoms with Crippen LogP contribution < -0.4 is 10.6 Å². The van der Waals surface area contributed by atoms with Gasteiger partial charge in [-0.25, -0.2) is 0 Å². The van der Waals surface area contributed by atoms with Crippen LogP contribution in [0, 0.1) is 0 Å². The van der Waals surface area contributed by atoms with Gasteiger partial charge in [-0.05, 0) is 53.9 Å². The summed E-state index contributed by atoms with van der Waals surface area (Å²) in [5.41, 5.74) is 3.18. The van der Waals surface area contributed by atoms with Crippen molar-refractivity contribution >= 4 is 35.0 Å². The van der Waals surface area contributed by atoms with E-state index in [1.54, 1.807) is 59.1 Å². The number of rotatable bonds is 3. The van der Waals surface area contributed by atoms with Crippen molar-refractivity contribution in [2.45, 2.75) is 18.5 Å². The van der Waals surface area contributed by atoms with Crippen LogP contribution in [0.2, 0.25) is 5.02 Å². The fourth-order valence-electron chi connectivity index (χ4n) is 4.45. The van der Waals surface area contributed by atoms with Gasteiger partial charge in [-0.1, -0.05) is 29.8 Å². The lowest BCUT2D eigenvalue weighted by molar-refractivity contribution is -0.120. The number of carbonyl (C=O) groups is 3. The highest BCUT2D eigenvalue weighted by Crippen LogP contribution is 2.32. The Morgan fingerprint density at radius 3 is 2.56 bits per heavy atom. The van der Waals surface area contributed by atoms with Gasteiger partial charge in [-0.15, -0.1) is 0 Å². The third kappa shape index (κ3) is 3.44. The summed E-state index contributed by atoms with van der Waals surface area (Å²) in [6, 6.07) is 15.0. The highest BCUT2D eigenvalue weighted by atomic mass is 35.5. The zero-order chi connectivity index (χ0) is 22.4. The van der Waals surface area contributed by atoms with Crippen LogP contribution in [0.25, 0.3) is 11.1 Å². The standard InChI is InChI=1S/C24H21ClN4O3/c1-28-11-2-3-20(28)22(30)27-19-10-12-29-21(19)23(31)26-18-9-6-15(13-17(18)24(29)32)14-4-7-16(25)8-5-14/h2-9,11,13,19,21H,10,12H2,1H3,(H,26,31)(H,27,30). The predicted molar refractivity (Wildman–Crippen MR) is 122 cm³/mol. The van der Waals surface area contributed by atoms with Crippen LogP contribution in [0.1, 0.15) is 27.3 Å². The molecule has 162 valence electrons. The van der Waals surface area contributed by atoms with E-state index in [-0.39, 0.29) is 17.7 Å². The van der Waals surface area contributed by atoms with Crippen LogP contribution >= 0.6 is 11.6 Å². The smallest absolute Gasteiger partial charge is 0.268 e. The van der Waals surface area contributed by atoms with Crippen molar-refractivity contribution in [3.05, 3.63) is 77.1 Å². The van der Waals surface area contributed by atoms with Gasteiger partial charge in [0.05, 0.1) is 17.3 Å². The topological polar surface area (TPSA) is 83.4 Å². The molecule has 2 aromatic carbocycles. The Morgan fingerprint density at radius 1 is 1.09 bits per heavy atom. The molecule has 0 spiro atoms. The molecule has 2 atom stereocenters. The molecule has 0 aliphatic carbocycles. The maximum absolute atomic E-state index is 13.4. The Balaban J connectivity index is 1.43. The minimum Gasteiger partial charge on any atom is -0.347 e. The maximum Gasteiger partial charge on any atom is 0.268 e. The molecule has 3 amide bonds.